The van der Waals surface area contributed by atoms with Gasteiger partial charge in [0.25, 0.3) is 5.91 Å². The Bertz CT molecular complexity index is 695. The van der Waals surface area contributed by atoms with Crippen LogP contribution in [0.4, 0.5) is 5.69 Å². The van der Waals surface area contributed by atoms with Crippen LogP contribution < -0.4 is 5.32 Å². The van der Waals surface area contributed by atoms with Crippen molar-refractivity contribution in [1.29, 1.82) is 0 Å². The molecule has 2 rings (SSSR count). The fourth-order valence-corrected chi connectivity index (χ4v) is 1.79. The first-order chi connectivity index (χ1) is 9.60. The molecule has 0 atom stereocenters. The second kappa shape index (κ2) is 6.29. The molecule has 0 fully saturated rings. The number of anilines is 1. The first-order valence-corrected chi connectivity index (χ1v) is 6.25. The Morgan fingerprint density at radius 1 is 1.40 bits per heavy atom. The number of halogens is 1. The van der Waals surface area contributed by atoms with E-state index in [1.165, 1.54) is 12.1 Å². The number of aliphatic hydroxyl groups is 1. The number of aliphatic hydroxyl groups excluding tert-OH is 1. The molecule has 0 saturated heterocycles. The molecule has 0 aliphatic heterocycles. The summed E-state index contributed by atoms with van der Waals surface area (Å²) in [6.45, 7) is 1.67. The summed E-state index contributed by atoms with van der Waals surface area (Å²) >= 11 is 5.63. The van der Waals surface area contributed by atoms with Gasteiger partial charge in [0.2, 0.25) is 0 Å². The Kier molecular flexibility index (Phi) is 4.46. The summed E-state index contributed by atoms with van der Waals surface area (Å²) in [7, 11) is 0. The van der Waals surface area contributed by atoms with E-state index in [1.54, 1.807) is 12.1 Å². The predicted molar refractivity (Wildman–Crippen MR) is 76.8 cm³/mol. The number of aryl methyl sites for hydroxylation is 1. The molecule has 0 radical (unpaired) electrons. The van der Waals surface area contributed by atoms with E-state index in [2.05, 4.69) is 17.2 Å². The first-order valence-electron chi connectivity index (χ1n) is 5.87. The molecule has 0 bridgehead atoms. The Balaban J connectivity index is 2.16. The van der Waals surface area contributed by atoms with Gasteiger partial charge in [-0.15, -0.1) is 0 Å². The number of carbonyl (C=O) groups excluding carboxylic acids is 1. The zero-order valence-electron chi connectivity index (χ0n) is 10.7. The zero-order valence-corrected chi connectivity index (χ0v) is 11.5. The highest BCUT2D eigenvalue weighted by molar-refractivity contribution is 6.29. The van der Waals surface area contributed by atoms with Gasteiger partial charge in [-0.05, 0) is 54.4 Å². The molecule has 0 saturated carbocycles. The van der Waals surface area contributed by atoms with Gasteiger partial charge in [-0.1, -0.05) is 11.8 Å². The standard InChI is InChI=1S/C15H12ClNO3/c1-10-9-11(3-2-8-18)4-5-12(10)17-15(19)13-6-7-14(16)20-13/h4-7,9,18H,8H2,1H3,(H,17,19). The molecule has 4 nitrogen and oxygen atoms in total. The van der Waals surface area contributed by atoms with E-state index in [9.17, 15) is 4.79 Å². The Hall–Kier alpha value is -2.22. The van der Waals surface area contributed by atoms with Crippen molar-refractivity contribution >= 4 is 23.2 Å². The van der Waals surface area contributed by atoms with Crippen LogP contribution in [0.1, 0.15) is 21.7 Å². The third-order valence-corrected chi connectivity index (χ3v) is 2.79. The van der Waals surface area contributed by atoms with Gasteiger partial charge >= 0.3 is 0 Å². The number of nitrogens with one attached hydrogen (secondary N) is 1. The Morgan fingerprint density at radius 3 is 2.80 bits per heavy atom. The second-order valence-electron chi connectivity index (χ2n) is 4.05. The van der Waals surface area contributed by atoms with E-state index in [-0.39, 0.29) is 23.5 Å². The summed E-state index contributed by atoms with van der Waals surface area (Å²) in [6, 6.07) is 8.36. The summed E-state index contributed by atoms with van der Waals surface area (Å²) in [5, 5.41) is 11.5. The van der Waals surface area contributed by atoms with Crippen molar-refractivity contribution in [2.75, 3.05) is 11.9 Å². The minimum absolute atomic E-state index is 0.151. The number of amides is 1. The number of furan rings is 1. The zero-order chi connectivity index (χ0) is 14.5. The predicted octanol–water partition coefficient (Wildman–Crippen LogP) is 2.84. The fraction of sp³-hybridized carbons (Fsp3) is 0.133. The average Bonchev–Trinajstić information content (AvgIpc) is 2.86. The van der Waals surface area contributed by atoms with Crippen molar-refractivity contribution in [2.24, 2.45) is 0 Å². The molecule has 1 heterocycles. The quantitative estimate of drug-likeness (QED) is 0.836. The fourth-order valence-electron chi connectivity index (χ4n) is 1.64. The van der Waals surface area contributed by atoms with Crippen LogP contribution in [0.25, 0.3) is 0 Å². The van der Waals surface area contributed by atoms with Crippen molar-refractivity contribution in [3.8, 4) is 11.8 Å². The molecule has 0 aliphatic rings. The van der Waals surface area contributed by atoms with E-state index >= 15 is 0 Å². The van der Waals surface area contributed by atoms with Gasteiger partial charge in [0, 0.05) is 11.3 Å². The monoisotopic (exact) mass is 289 g/mol. The maximum absolute atomic E-state index is 11.9. The van der Waals surface area contributed by atoms with Gasteiger partial charge in [-0.2, -0.15) is 0 Å². The van der Waals surface area contributed by atoms with Gasteiger partial charge < -0.3 is 14.8 Å². The van der Waals surface area contributed by atoms with Crippen LogP contribution >= 0.6 is 11.6 Å². The van der Waals surface area contributed by atoms with Crippen molar-refractivity contribution < 1.29 is 14.3 Å². The van der Waals surface area contributed by atoms with Crippen LogP contribution in [-0.2, 0) is 0 Å². The Labute approximate surface area is 121 Å². The van der Waals surface area contributed by atoms with Crippen LogP contribution in [0.3, 0.4) is 0 Å². The lowest BCUT2D eigenvalue weighted by Gasteiger charge is -2.07. The van der Waals surface area contributed by atoms with Crippen LogP contribution in [-0.4, -0.2) is 17.6 Å². The minimum atomic E-state index is -0.366. The van der Waals surface area contributed by atoms with E-state index in [0.29, 0.717) is 5.69 Å². The van der Waals surface area contributed by atoms with Crippen LogP contribution in [0.5, 0.6) is 0 Å². The van der Waals surface area contributed by atoms with Gasteiger partial charge in [0.05, 0.1) is 0 Å². The summed E-state index contributed by atoms with van der Waals surface area (Å²) in [4.78, 5) is 11.9. The molecule has 2 N–H and O–H groups in total. The maximum atomic E-state index is 11.9. The van der Waals surface area contributed by atoms with Crippen LogP contribution in [0.2, 0.25) is 5.22 Å². The van der Waals surface area contributed by atoms with E-state index in [1.807, 2.05) is 13.0 Å². The highest BCUT2D eigenvalue weighted by Crippen LogP contribution is 2.19. The maximum Gasteiger partial charge on any atom is 0.291 e. The number of rotatable bonds is 2. The molecule has 1 amide bonds. The highest BCUT2D eigenvalue weighted by Gasteiger charge is 2.11. The third-order valence-electron chi connectivity index (χ3n) is 2.58. The highest BCUT2D eigenvalue weighted by atomic mass is 35.5. The molecule has 20 heavy (non-hydrogen) atoms. The number of benzene rings is 1. The molecule has 0 unspecified atom stereocenters. The van der Waals surface area contributed by atoms with Crippen LogP contribution in [0.15, 0.2) is 34.7 Å². The Morgan fingerprint density at radius 2 is 2.20 bits per heavy atom. The normalized spacial score (nSPS) is 9.75. The number of hydrogen-bond donors (Lipinski definition) is 2. The smallest absolute Gasteiger partial charge is 0.291 e. The molecule has 0 spiro atoms. The first kappa shape index (κ1) is 14.2. The SMILES string of the molecule is Cc1cc(C#CCO)ccc1NC(=O)c1ccc(Cl)o1. The van der Waals surface area contributed by atoms with Crippen LogP contribution in [0, 0.1) is 18.8 Å². The molecule has 5 heteroatoms. The molecule has 1 aromatic carbocycles. The molecule has 2 aromatic rings. The van der Waals surface area contributed by atoms with Gasteiger partial charge in [-0.25, -0.2) is 0 Å². The summed E-state index contributed by atoms with van der Waals surface area (Å²) in [5.41, 5.74) is 2.30. The van der Waals surface area contributed by atoms with Crippen molar-refractivity contribution in [3.63, 3.8) is 0 Å². The minimum Gasteiger partial charge on any atom is -0.440 e. The average molecular weight is 290 g/mol. The lowest BCUT2D eigenvalue weighted by molar-refractivity contribution is 0.0996. The number of carbonyl (C=O) groups is 1. The molecule has 102 valence electrons. The van der Waals surface area contributed by atoms with E-state index < -0.39 is 0 Å². The third kappa shape index (κ3) is 3.41. The topological polar surface area (TPSA) is 62.5 Å². The summed E-state index contributed by atoms with van der Waals surface area (Å²) in [6.07, 6.45) is 0. The van der Waals surface area contributed by atoms with Crippen molar-refractivity contribution in [1.82, 2.24) is 0 Å². The molecular formula is C15H12ClNO3. The van der Waals surface area contributed by atoms with Crippen molar-refractivity contribution in [3.05, 3.63) is 52.4 Å². The lowest BCUT2D eigenvalue weighted by atomic mass is 10.1. The number of hydrogen-bond acceptors (Lipinski definition) is 3. The van der Waals surface area contributed by atoms with E-state index in [4.69, 9.17) is 21.1 Å². The summed E-state index contributed by atoms with van der Waals surface area (Å²) in [5.74, 6) is 5.16. The largest absolute Gasteiger partial charge is 0.440 e. The van der Waals surface area contributed by atoms with Gasteiger partial charge in [-0.3, -0.25) is 4.79 Å². The van der Waals surface area contributed by atoms with Gasteiger partial charge in [0.15, 0.2) is 11.0 Å². The van der Waals surface area contributed by atoms with Crippen molar-refractivity contribution in [2.45, 2.75) is 6.92 Å². The summed E-state index contributed by atoms with van der Waals surface area (Å²) < 4.78 is 5.04. The molecular weight excluding hydrogens is 278 g/mol. The van der Waals surface area contributed by atoms with Gasteiger partial charge in [0.1, 0.15) is 6.61 Å². The molecule has 1 aromatic heterocycles. The van der Waals surface area contributed by atoms with E-state index in [0.717, 1.165) is 11.1 Å². The second-order valence-corrected chi connectivity index (χ2v) is 4.42. The lowest BCUT2D eigenvalue weighted by Crippen LogP contribution is -2.11. The molecule has 0 aliphatic carbocycles.